The molecule has 0 spiro atoms. The Bertz CT molecular complexity index is 494. The number of ether oxygens (including phenoxy) is 1. The molecule has 2 N–H and O–H groups in total. The summed E-state index contributed by atoms with van der Waals surface area (Å²) < 4.78 is 5.94. The highest BCUT2D eigenvalue weighted by Gasteiger charge is 2.24. The molecule has 3 rings (SSSR count). The van der Waals surface area contributed by atoms with E-state index in [0.29, 0.717) is 12.1 Å². The average Bonchev–Trinajstić information content (AvgIpc) is 3.02. The molecular weight excluding hydrogens is 276 g/mol. The van der Waals surface area contributed by atoms with Gasteiger partial charge in [0, 0.05) is 17.6 Å². The maximum absolute atomic E-state index is 12.3. The first kappa shape index (κ1) is 15.3. The van der Waals surface area contributed by atoms with Crippen LogP contribution in [0.4, 0.5) is 5.69 Å². The molecule has 2 fully saturated rings. The number of amides is 1. The van der Waals surface area contributed by atoms with Crippen LogP contribution in [0.5, 0.6) is 5.75 Å². The minimum absolute atomic E-state index is 0.116. The lowest BCUT2D eigenvalue weighted by atomic mass is 9.92. The summed E-state index contributed by atoms with van der Waals surface area (Å²) in [7, 11) is 0. The van der Waals surface area contributed by atoms with Crippen molar-refractivity contribution in [2.45, 2.75) is 57.6 Å². The number of rotatable bonds is 4. The predicted molar refractivity (Wildman–Crippen MR) is 88.1 cm³/mol. The van der Waals surface area contributed by atoms with Gasteiger partial charge in [-0.3, -0.25) is 4.79 Å². The fourth-order valence-corrected chi connectivity index (χ4v) is 3.43. The third-order valence-electron chi connectivity index (χ3n) is 4.72. The summed E-state index contributed by atoms with van der Waals surface area (Å²) in [6, 6.07) is 8.21. The van der Waals surface area contributed by atoms with Gasteiger partial charge in [-0.15, -0.1) is 0 Å². The summed E-state index contributed by atoms with van der Waals surface area (Å²) in [5.41, 5.74) is 0.856. The molecule has 1 saturated heterocycles. The minimum Gasteiger partial charge on any atom is -0.490 e. The normalized spacial score (nSPS) is 25.9. The van der Waals surface area contributed by atoms with E-state index in [2.05, 4.69) is 17.6 Å². The highest BCUT2D eigenvalue weighted by molar-refractivity contribution is 5.92. The van der Waals surface area contributed by atoms with Gasteiger partial charge in [0.25, 0.3) is 0 Å². The number of hydrogen-bond acceptors (Lipinski definition) is 3. The topological polar surface area (TPSA) is 50.4 Å². The maximum atomic E-state index is 12.3. The van der Waals surface area contributed by atoms with Crippen LogP contribution in [0.2, 0.25) is 0 Å². The second-order valence-corrected chi connectivity index (χ2v) is 6.61. The third kappa shape index (κ3) is 4.01. The Morgan fingerprint density at radius 3 is 2.59 bits per heavy atom. The summed E-state index contributed by atoms with van der Waals surface area (Å²) in [6.45, 7) is 3.06. The SMILES string of the molecule is C[C@H]1C[C@@H](C(=O)Nc2ccc(OC3CCCC3)cc2)CCN1. The molecule has 0 unspecified atom stereocenters. The maximum Gasteiger partial charge on any atom is 0.227 e. The molecule has 2 aliphatic rings. The lowest BCUT2D eigenvalue weighted by Gasteiger charge is -2.27. The molecule has 4 nitrogen and oxygen atoms in total. The molecule has 0 bridgehead atoms. The Labute approximate surface area is 132 Å². The van der Waals surface area contributed by atoms with Gasteiger partial charge in [0.15, 0.2) is 0 Å². The zero-order chi connectivity index (χ0) is 15.4. The molecular formula is C18H26N2O2. The first-order valence-electron chi connectivity index (χ1n) is 8.51. The smallest absolute Gasteiger partial charge is 0.227 e. The molecule has 1 aliphatic heterocycles. The van der Waals surface area contributed by atoms with E-state index in [4.69, 9.17) is 4.74 Å². The summed E-state index contributed by atoms with van der Waals surface area (Å²) in [4.78, 5) is 12.3. The van der Waals surface area contributed by atoms with Crippen molar-refractivity contribution < 1.29 is 9.53 Å². The van der Waals surface area contributed by atoms with Crippen molar-refractivity contribution in [2.75, 3.05) is 11.9 Å². The molecule has 2 atom stereocenters. The van der Waals surface area contributed by atoms with Crippen molar-refractivity contribution in [3.63, 3.8) is 0 Å². The number of anilines is 1. The van der Waals surface area contributed by atoms with Gasteiger partial charge in [-0.2, -0.15) is 0 Å². The zero-order valence-corrected chi connectivity index (χ0v) is 13.3. The Morgan fingerprint density at radius 1 is 1.18 bits per heavy atom. The van der Waals surface area contributed by atoms with Crippen molar-refractivity contribution in [1.82, 2.24) is 5.32 Å². The van der Waals surface area contributed by atoms with Crippen LogP contribution in [0.3, 0.4) is 0 Å². The van der Waals surface area contributed by atoms with Crippen molar-refractivity contribution in [3.8, 4) is 5.75 Å². The summed E-state index contributed by atoms with van der Waals surface area (Å²) in [5.74, 6) is 1.16. The molecule has 4 heteroatoms. The average molecular weight is 302 g/mol. The second kappa shape index (κ2) is 7.14. The Kier molecular flexibility index (Phi) is 4.98. The van der Waals surface area contributed by atoms with E-state index < -0.39 is 0 Å². The molecule has 1 saturated carbocycles. The molecule has 0 radical (unpaired) electrons. The molecule has 120 valence electrons. The highest BCUT2D eigenvalue weighted by Crippen LogP contribution is 2.25. The van der Waals surface area contributed by atoms with Gasteiger partial charge in [-0.05, 0) is 76.3 Å². The highest BCUT2D eigenvalue weighted by atomic mass is 16.5. The Hall–Kier alpha value is -1.55. The summed E-state index contributed by atoms with van der Waals surface area (Å²) in [6.07, 6.45) is 7.06. The van der Waals surface area contributed by atoms with E-state index in [-0.39, 0.29) is 11.8 Å². The monoisotopic (exact) mass is 302 g/mol. The van der Waals surface area contributed by atoms with Crippen LogP contribution in [0.25, 0.3) is 0 Å². The van der Waals surface area contributed by atoms with Crippen LogP contribution in [0.1, 0.15) is 45.4 Å². The number of nitrogens with one attached hydrogen (secondary N) is 2. The zero-order valence-electron chi connectivity index (χ0n) is 13.3. The number of carbonyl (C=O) groups excluding carboxylic acids is 1. The van der Waals surface area contributed by atoms with E-state index in [1.54, 1.807) is 0 Å². The quantitative estimate of drug-likeness (QED) is 0.897. The van der Waals surface area contributed by atoms with Gasteiger partial charge in [0.05, 0.1) is 6.10 Å². The van der Waals surface area contributed by atoms with Gasteiger partial charge < -0.3 is 15.4 Å². The number of benzene rings is 1. The van der Waals surface area contributed by atoms with Gasteiger partial charge >= 0.3 is 0 Å². The van der Waals surface area contributed by atoms with Gasteiger partial charge in [0.1, 0.15) is 5.75 Å². The van der Waals surface area contributed by atoms with Crippen LogP contribution < -0.4 is 15.4 Å². The van der Waals surface area contributed by atoms with Crippen LogP contribution in [0, 0.1) is 5.92 Å². The predicted octanol–water partition coefficient (Wildman–Crippen LogP) is 3.33. The first-order valence-corrected chi connectivity index (χ1v) is 8.51. The molecule has 1 aromatic carbocycles. The lowest BCUT2D eigenvalue weighted by molar-refractivity contribution is -0.120. The minimum atomic E-state index is 0.116. The fourth-order valence-electron chi connectivity index (χ4n) is 3.43. The van der Waals surface area contributed by atoms with Crippen molar-refractivity contribution >= 4 is 11.6 Å². The van der Waals surface area contributed by atoms with Gasteiger partial charge in [0.2, 0.25) is 5.91 Å². The molecule has 1 heterocycles. The molecule has 22 heavy (non-hydrogen) atoms. The summed E-state index contributed by atoms with van der Waals surface area (Å²) in [5, 5.41) is 6.41. The van der Waals surface area contributed by atoms with E-state index >= 15 is 0 Å². The second-order valence-electron chi connectivity index (χ2n) is 6.61. The molecule has 0 aromatic heterocycles. The van der Waals surface area contributed by atoms with Crippen molar-refractivity contribution in [2.24, 2.45) is 5.92 Å². The van der Waals surface area contributed by atoms with Gasteiger partial charge in [-0.1, -0.05) is 0 Å². The number of piperidine rings is 1. The van der Waals surface area contributed by atoms with E-state index in [0.717, 1.165) is 43.7 Å². The largest absolute Gasteiger partial charge is 0.490 e. The first-order chi connectivity index (χ1) is 10.7. The Morgan fingerprint density at radius 2 is 1.91 bits per heavy atom. The van der Waals surface area contributed by atoms with Crippen LogP contribution >= 0.6 is 0 Å². The molecule has 1 amide bonds. The van der Waals surface area contributed by atoms with Gasteiger partial charge in [-0.25, -0.2) is 0 Å². The number of carbonyl (C=O) groups is 1. The molecule has 1 aliphatic carbocycles. The summed E-state index contributed by atoms with van der Waals surface area (Å²) >= 11 is 0. The Balaban J connectivity index is 1.52. The van der Waals surface area contributed by atoms with Crippen molar-refractivity contribution in [3.05, 3.63) is 24.3 Å². The van der Waals surface area contributed by atoms with E-state index in [1.165, 1.54) is 12.8 Å². The molecule has 1 aromatic rings. The van der Waals surface area contributed by atoms with Crippen molar-refractivity contribution in [1.29, 1.82) is 0 Å². The lowest BCUT2D eigenvalue weighted by Crippen LogP contribution is -2.40. The fraction of sp³-hybridized carbons (Fsp3) is 0.611. The third-order valence-corrected chi connectivity index (χ3v) is 4.72. The van der Waals surface area contributed by atoms with Crippen LogP contribution in [-0.2, 0) is 4.79 Å². The van der Waals surface area contributed by atoms with Crippen LogP contribution in [0.15, 0.2) is 24.3 Å². The number of hydrogen-bond donors (Lipinski definition) is 2. The van der Waals surface area contributed by atoms with E-state index in [9.17, 15) is 4.79 Å². The van der Waals surface area contributed by atoms with Crippen LogP contribution in [-0.4, -0.2) is 24.6 Å². The standard InChI is InChI=1S/C18H26N2O2/c1-13-12-14(10-11-19-13)18(21)20-15-6-8-17(9-7-15)22-16-4-2-3-5-16/h6-9,13-14,16,19H,2-5,10-12H2,1H3,(H,20,21)/t13-,14-/m0/s1. The van der Waals surface area contributed by atoms with E-state index in [1.807, 2.05) is 24.3 Å².